The Bertz CT molecular complexity index is 645. The van der Waals surface area contributed by atoms with Gasteiger partial charge in [0.25, 0.3) is 5.91 Å². The van der Waals surface area contributed by atoms with E-state index in [0.29, 0.717) is 17.3 Å². The van der Waals surface area contributed by atoms with Crippen LogP contribution in [-0.4, -0.2) is 35.5 Å². The lowest BCUT2D eigenvalue weighted by atomic mass is 10.1. The Morgan fingerprint density at radius 1 is 1.08 bits per heavy atom. The number of carbonyl (C=O) groups excluding carboxylic acids is 3. The minimum Gasteiger partial charge on any atom is -0.350 e. The SMILES string of the molecule is CC(NC(=O)Nc1ccc(C(=O)NC2CC2)cc1)C(=O)NC(C)(C)C. The second-order valence-corrected chi connectivity index (χ2v) is 7.38. The van der Waals surface area contributed by atoms with E-state index in [4.69, 9.17) is 0 Å². The van der Waals surface area contributed by atoms with Crippen LogP contribution < -0.4 is 21.3 Å². The third kappa shape index (κ3) is 6.45. The molecule has 1 atom stereocenters. The number of benzene rings is 1. The van der Waals surface area contributed by atoms with Crippen molar-refractivity contribution in [3.8, 4) is 0 Å². The molecule has 1 fully saturated rings. The van der Waals surface area contributed by atoms with Crippen LogP contribution in [0, 0.1) is 0 Å². The van der Waals surface area contributed by atoms with E-state index in [-0.39, 0.29) is 17.4 Å². The lowest BCUT2D eigenvalue weighted by Gasteiger charge is -2.23. The molecule has 1 saturated carbocycles. The number of nitrogens with one attached hydrogen (secondary N) is 4. The topological polar surface area (TPSA) is 99.3 Å². The third-order valence-corrected chi connectivity index (χ3v) is 3.56. The molecule has 1 aromatic carbocycles. The van der Waals surface area contributed by atoms with Gasteiger partial charge in [-0.2, -0.15) is 0 Å². The van der Waals surface area contributed by atoms with Gasteiger partial charge in [-0.25, -0.2) is 4.79 Å². The molecule has 2 rings (SSSR count). The summed E-state index contributed by atoms with van der Waals surface area (Å²) in [7, 11) is 0. The van der Waals surface area contributed by atoms with E-state index in [1.54, 1.807) is 31.2 Å². The van der Waals surface area contributed by atoms with Crippen LogP contribution in [0.2, 0.25) is 0 Å². The summed E-state index contributed by atoms with van der Waals surface area (Å²) in [6.07, 6.45) is 2.07. The van der Waals surface area contributed by atoms with Crippen molar-refractivity contribution < 1.29 is 14.4 Å². The number of carbonyl (C=O) groups is 3. The maximum atomic E-state index is 12.0. The Morgan fingerprint density at radius 2 is 1.68 bits per heavy atom. The van der Waals surface area contributed by atoms with Gasteiger partial charge in [0.2, 0.25) is 5.91 Å². The van der Waals surface area contributed by atoms with Gasteiger partial charge < -0.3 is 21.3 Å². The van der Waals surface area contributed by atoms with Gasteiger partial charge in [0.1, 0.15) is 6.04 Å². The van der Waals surface area contributed by atoms with Crippen molar-refractivity contribution in [2.24, 2.45) is 0 Å². The van der Waals surface area contributed by atoms with Crippen LogP contribution in [0.25, 0.3) is 0 Å². The molecule has 4 amide bonds. The zero-order valence-electron chi connectivity index (χ0n) is 15.1. The van der Waals surface area contributed by atoms with E-state index < -0.39 is 12.1 Å². The first-order chi connectivity index (χ1) is 11.6. The first-order valence-corrected chi connectivity index (χ1v) is 8.44. The van der Waals surface area contributed by atoms with Crippen molar-refractivity contribution >= 4 is 23.5 Å². The van der Waals surface area contributed by atoms with Gasteiger partial charge >= 0.3 is 6.03 Å². The summed E-state index contributed by atoms with van der Waals surface area (Å²) >= 11 is 0. The summed E-state index contributed by atoms with van der Waals surface area (Å²) in [4.78, 5) is 35.9. The van der Waals surface area contributed by atoms with Gasteiger partial charge in [-0.05, 0) is 64.8 Å². The fraction of sp³-hybridized carbons (Fsp3) is 0.500. The monoisotopic (exact) mass is 346 g/mol. The summed E-state index contributed by atoms with van der Waals surface area (Å²) in [5.74, 6) is -0.360. The molecule has 0 aromatic heterocycles. The quantitative estimate of drug-likeness (QED) is 0.656. The highest BCUT2D eigenvalue weighted by Gasteiger charge is 2.24. The molecule has 4 N–H and O–H groups in total. The van der Waals surface area contributed by atoms with Crippen LogP contribution in [0.15, 0.2) is 24.3 Å². The van der Waals surface area contributed by atoms with Gasteiger partial charge in [-0.3, -0.25) is 9.59 Å². The molecule has 0 aliphatic heterocycles. The Morgan fingerprint density at radius 3 is 2.20 bits per heavy atom. The molecule has 0 radical (unpaired) electrons. The third-order valence-electron chi connectivity index (χ3n) is 3.56. The fourth-order valence-corrected chi connectivity index (χ4v) is 2.11. The molecule has 1 unspecified atom stereocenters. The smallest absolute Gasteiger partial charge is 0.319 e. The average Bonchev–Trinajstić information content (AvgIpc) is 3.30. The molecule has 136 valence electrons. The molecule has 25 heavy (non-hydrogen) atoms. The number of hydrogen-bond donors (Lipinski definition) is 4. The highest BCUT2D eigenvalue weighted by Crippen LogP contribution is 2.19. The second-order valence-electron chi connectivity index (χ2n) is 7.38. The maximum Gasteiger partial charge on any atom is 0.319 e. The number of urea groups is 1. The molecule has 1 aliphatic rings. The van der Waals surface area contributed by atoms with Crippen molar-refractivity contribution in [2.75, 3.05) is 5.32 Å². The van der Waals surface area contributed by atoms with E-state index in [1.165, 1.54) is 0 Å². The van der Waals surface area contributed by atoms with Crippen molar-refractivity contribution in [1.82, 2.24) is 16.0 Å². The van der Waals surface area contributed by atoms with E-state index in [9.17, 15) is 14.4 Å². The van der Waals surface area contributed by atoms with Crippen LogP contribution in [-0.2, 0) is 4.79 Å². The van der Waals surface area contributed by atoms with Gasteiger partial charge in [-0.1, -0.05) is 0 Å². The summed E-state index contributed by atoms with van der Waals surface area (Å²) in [5, 5.41) is 10.9. The molecule has 1 aliphatic carbocycles. The van der Waals surface area contributed by atoms with Gasteiger partial charge in [0, 0.05) is 22.8 Å². The normalized spacial score (nSPS) is 15.0. The number of anilines is 1. The minimum atomic E-state index is -0.664. The molecule has 7 nitrogen and oxygen atoms in total. The standard InChI is InChI=1S/C18H26N4O3/c1-11(15(23)22-18(2,3)4)19-17(25)21-14-7-5-12(6-8-14)16(24)20-13-9-10-13/h5-8,11,13H,9-10H2,1-4H3,(H,20,24)(H,22,23)(H2,19,21,25). The maximum absolute atomic E-state index is 12.0. The van der Waals surface area contributed by atoms with E-state index in [2.05, 4.69) is 21.3 Å². The minimum absolute atomic E-state index is 0.106. The summed E-state index contributed by atoms with van der Waals surface area (Å²) in [6.45, 7) is 7.24. The molecule has 0 heterocycles. The van der Waals surface area contributed by atoms with Crippen LogP contribution in [0.4, 0.5) is 10.5 Å². The van der Waals surface area contributed by atoms with Gasteiger partial charge in [-0.15, -0.1) is 0 Å². The van der Waals surface area contributed by atoms with Gasteiger partial charge in [0.15, 0.2) is 0 Å². The van der Waals surface area contributed by atoms with E-state index >= 15 is 0 Å². The molecular weight excluding hydrogens is 320 g/mol. The van der Waals surface area contributed by atoms with Crippen LogP contribution in [0.5, 0.6) is 0 Å². The predicted octanol–water partition coefficient (Wildman–Crippen LogP) is 2.00. The van der Waals surface area contributed by atoms with Crippen molar-refractivity contribution in [2.45, 2.75) is 58.2 Å². The number of amides is 4. The second kappa shape index (κ2) is 7.55. The molecule has 1 aromatic rings. The fourth-order valence-electron chi connectivity index (χ4n) is 2.11. The van der Waals surface area contributed by atoms with Crippen molar-refractivity contribution in [1.29, 1.82) is 0 Å². The van der Waals surface area contributed by atoms with Crippen LogP contribution in [0.3, 0.4) is 0 Å². The lowest BCUT2D eigenvalue weighted by molar-refractivity contribution is -0.123. The first-order valence-electron chi connectivity index (χ1n) is 8.44. The Labute approximate surface area is 147 Å². The van der Waals surface area contributed by atoms with E-state index in [1.807, 2.05) is 20.8 Å². The molecule has 0 spiro atoms. The Hall–Kier alpha value is -2.57. The van der Waals surface area contributed by atoms with E-state index in [0.717, 1.165) is 12.8 Å². The highest BCUT2D eigenvalue weighted by atomic mass is 16.2. The average molecular weight is 346 g/mol. The van der Waals surface area contributed by atoms with Crippen molar-refractivity contribution in [3.05, 3.63) is 29.8 Å². The first kappa shape index (κ1) is 18.8. The Kier molecular flexibility index (Phi) is 5.66. The lowest BCUT2D eigenvalue weighted by Crippen LogP contribution is -2.51. The van der Waals surface area contributed by atoms with Crippen LogP contribution >= 0.6 is 0 Å². The van der Waals surface area contributed by atoms with Crippen LogP contribution in [0.1, 0.15) is 50.9 Å². The summed E-state index contributed by atoms with van der Waals surface area (Å²) in [5.41, 5.74) is 0.736. The molecule has 7 heteroatoms. The highest BCUT2D eigenvalue weighted by molar-refractivity contribution is 5.96. The molecule has 0 saturated heterocycles. The largest absolute Gasteiger partial charge is 0.350 e. The summed E-state index contributed by atoms with van der Waals surface area (Å²) < 4.78 is 0. The molecular formula is C18H26N4O3. The number of hydrogen-bond acceptors (Lipinski definition) is 3. The Balaban J connectivity index is 1.83. The predicted molar refractivity (Wildman–Crippen MR) is 96.4 cm³/mol. The zero-order valence-corrected chi connectivity index (χ0v) is 15.1. The number of rotatable bonds is 5. The summed E-state index contributed by atoms with van der Waals surface area (Å²) in [6, 6.07) is 5.78. The van der Waals surface area contributed by atoms with Gasteiger partial charge in [0.05, 0.1) is 0 Å². The molecule has 0 bridgehead atoms. The zero-order chi connectivity index (χ0) is 18.6. The van der Waals surface area contributed by atoms with Crippen molar-refractivity contribution in [3.63, 3.8) is 0 Å².